The minimum Gasteiger partial charge on any atom is -0.493 e. The first-order valence-electron chi connectivity index (χ1n) is 5.13. The lowest BCUT2D eigenvalue weighted by Crippen LogP contribution is -2.01. The number of benzene rings is 1. The Morgan fingerprint density at radius 3 is 2.89 bits per heavy atom. The molecule has 0 aliphatic carbocycles. The fraction of sp³-hybridized carbons (Fsp3) is 0.167. The largest absolute Gasteiger partial charge is 0.493 e. The third-order valence-electron chi connectivity index (χ3n) is 2.29. The molecular formula is C12H11NO5. The lowest BCUT2D eigenvalue weighted by molar-refractivity contribution is 0.0696. The van der Waals surface area contributed by atoms with Crippen LogP contribution >= 0.6 is 0 Å². The van der Waals surface area contributed by atoms with Gasteiger partial charge in [-0.05, 0) is 18.2 Å². The van der Waals surface area contributed by atoms with Crippen LogP contribution in [0.4, 0.5) is 0 Å². The van der Waals surface area contributed by atoms with Gasteiger partial charge in [-0.1, -0.05) is 5.16 Å². The SMILES string of the molecule is COc1ccc(C(=O)O)cc1OCc1cnoc1. The number of nitrogens with zero attached hydrogens (tertiary/aromatic N) is 1. The third-order valence-corrected chi connectivity index (χ3v) is 2.29. The lowest BCUT2D eigenvalue weighted by atomic mass is 10.2. The molecule has 0 atom stereocenters. The first kappa shape index (κ1) is 12.0. The van der Waals surface area contributed by atoms with E-state index in [1.807, 2.05) is 0 Å². The fourth-order valence-electron chi connectivity index (χ4n) is 1.38. The zero-order valence-corrected chi connectivity index (χ0v) is 9.62. The standard InChI is InChI=1S/C12H11NO5/c1-16-10-3-2-9(12(14)15)4-11(10)17-6-8-5-13-18-7-8/h2-5,7H,6H2,1H3,(H,14,15). The highest BCUT2D eigenvalue weighted by Gasteiger charge is 2.10. The van der Waals surface area contributed by atoms with Crippen LogP contribution in [0.3, 0.4) is 0 Å². The summed E-state index contributed by atoms with van der Waals surface area (Å²) in [4.78, 5) is 10.9. The molecule has 1 heterocycles. The summed E-state index contributed by atoms with van der Waals surface area (Å²) in [5.74, 6) is -0.192. The summed E-state index contributed by atoms with van der Waals surface area (Å²) in [5, 5.41) is 12.4. The van der Waals surface area contributed by atoms with Crippen LogP contribution in [0.2, 0.25) is 0 Å². The molecule has 6 heteroatoms. The summed E-state index contributed by atoms with van der Waals surface area (Å²) in [6.45, 7) is 0.225. The quantitative estimate of drug-likeness (QED) is 0.872. The topological polar surface area (TPSA) is 81.8 Å². The van der Waals surface area contributed by atoms with Gasteiger partial charge in [-0.3, -0.25) is 0 Å². The second kappa shape index (κ2) is 5.22. The molecule has 0 bridgehead atoms. The normalized spacial score (nSPS) is 10.1. The van der Waals surface area contributed by atoms with E-state index >= 15 is 0 Å². The number of aromatic carboxylic acids is 1. The Kier molecular flexibility index (Phi) is 3.47. The van der Waals surface area contributed by atoms with E-state index in [2.05, 4.69) is 9.68 Å². The number of aromatic nitrogens is 1. The van der Waals surface area contributed by atoms with Crippen LogP contribution < -0.4 is 9.47 Å². The van der Waals surface area contributed by atoms with Crippen molar-refractivity contribution in [3.8, 4) is 11.5 Å². The van der Waals surface area contributed by atoms with Crippen molar-refractivity contribution in [2.45, 2.75) is 6.61 Å². The number of rotatable bonds is 5. The number of hydrogen-bond acceptors (Lipinski definition) is 5. The van der Waals surface area contributed by atoms with Gasteiger partial charge in [0.25, 0.3) is 0 Å². The zero-order chi connectivity index (χ0) is 13.0. The predicted octanol–water partition coefficient (Wildman–Crippen LogP) is 1.96. The van der Waals surface area contributed by atoms with Gasteiger partial charge in [0.05, 0.1) is 18.9 Å². The molecule has 6 nitrogen and oxygen atoms in total. The molecule has 94 valence electrons. The number of methoxy groups -OCH3 is 1. The van der Waals surface area contributed by atoms with Crippen LogP contribution in [0.1, 0.15) is 15.9 Å². The molecule has 0 radical (unpaired) electrons. The molecule has 1 aromatic heterocycles. The smallest absolute Gasteiger partial charge is 0.335 e. The minimum absolute atomic E-state index is 0.135. The first-order chi connectivity index (χ1) is 8.70. The Bertz CT molecular complexity index is 535. The molecule has 2 aromatic rings. The zero-order valence-electron chi connectivity index (χ0n) is 9.62. The van der Waals surface area contributed by atoms with Crippen molar-refractivity contribution in [1.82, 2.24) is 5.16 Å². The van der Waals surface area contributed by atoms with E-state index in [1.54, 1.807) is 6.07 Å². The molecule has 0 amide bonds. The van der Waals surface area contributed by atoms with E-state index in [0.717, 1.165) is 5.56 Å². The molecule has 1 N–H and O–H groups in total. The Labute approximate surface area is 103 Å². The van der Waals surface area contributed by atoms with Crippen molar-refractivity contribution >= 4 is 5.97 Å². The van der Waals surface area contributed by atoms with Crippen LogP contribution in [0.5, 0.6) is 11.5 Å². The van der Waals surface area contributed by atoms with Gasteiger partial charge < -0.3 is 19.1 Å². The Morgan fingerprint density at radius 2 is 2.28 bits per heavy atom. The van der Waals surface area contributed by atoms with Gasteiger partial charge in [0.1, 0.15) is 12.9 Å². The predicted molar refractivity (Wildman–Crippen MR) is 60.8 cm³/mol. The summed E-state index contributed by atoms with van der Waals surface area (Å²) in [7, 11) is 1.49. The molecule has 2 rings (SSSR count). The van der Waals surface area contributed by atoms with Crippen LogP contribution in [0.15, 0.2) is 35.2 Å². The van der Waals surface area contributed by atoms with Gasteiger partial charge in [0.2, 0.25) is 0 Å². The third kappa shape index (κ3) is 2.60. The van der Waals surface area contributed by atoms with Gasteiger partial charge in [-0.15, -0.1) is 0 Å². The molecule has 0 aliphatic heterocycles. The van der Waals surface area contributed by atoms with Crippen molar-refractivity contribution in [3.05, 3.63) is 41.8 Å². The van der Waals surface area contributed by atoms with E-state index in [4.69, 9.17) is 14.6 Å². The summed E-state index contributed by atoms with van der Waals surface area (Å²) in [5.41, 5.74) is 0.883. The molecule has 1 aromatic carbocycles. The Morgan fingerprint density at radius 1 is 1.44 bits per heavy atom. The highest BCUT2D eigenvalue weighted by Crippen LogP contribution is 2.28. The van der Waals surface area contributed by atoms with Crippen LogP contribution in [-0.2, 0) is 6.61 Å². The van der Waals surface area contributed by atoms with E-state index in [0.29, 0.717) is 11.5 Å². The summed E-state index contributed by atoms with van der Waals surface area (Å²) >= 11 is 0. The summed E-state index contributed by atoms with van der Waals surface area (Å²) in [6, 6.07) is 4.41. The molecule has 18 heavy (non-hydrogen) atoms. The van der Waals surface area contributed by atoms with Crippen molar-refractivity contribution < 1.29 is 23.9 Å². The first-order valence-corrected chi connectivity index (χ1v) is 5.13. The van der Waals surface area contributed by atoms with Crippen LogP contribution in [0, 0.1) is 0 Å². The maximum atomic E-state index is 10.9. The molecule has 0 unspecified atom stereocenters. The Hall–Kier alpha value is -2.50. The number of carbonyl (C=O) groups is 1. The molecule has 0 aliphatic rings. The van der Waals surface area contributed by atoms with E-state index in [9.17, 15) is 4.79 Å². The molecule has 0 saturated carbocycles. The molecule has 0 saturated heterocycles. The van der Waals surface area contributed by atoms with E-state index in [1.165, 1.54) is 31.7 Å². The average Bonchev–Trinajstić information content (AvgIpc) is 2.89. The maximum Gasteiger partial charge on any atom is 0.335 e. The van der Waals surface area contributed by atoms with Gasteiger partial charge >= 0.3 is 5.97 Å². The maximum absolute atomic E-state index is 10.9. The summed E-state index contributed by atoms with van der Waals surface area (Å²) < 4.78 is 15.2. The monoisotopic (exact) mass is 249 g/mol. The fourth-order valence-corrected chi connectivity index (χ4v) is 1.38. The summed E-state index contributed by atoms with van der Waals surface area (Å²) in [6.07, 6.45) is 2.97. The second-order valence-electron chi connectivity index (χ2n) is 3.49. The van der Waals surface area contributed by atoms with Gasteiger partial charge in [0.15, 0.2) is 11.5 Å². The van der Waals surface area contributed by atoms with Crippen LogP contribution in [0.25, 0.3) is 0 Å². The highest BCUT2D eigenvalue weighted by atomic mass is 16.5. The van der Waals surface area contributed by atoms with Crippen molar-refractivity contribution in [2.24, 2.45) is 0 Å². The van der Waals surface area contributed by atoms with Crippen molar-refractivity contribution in [2.75, 3.05) is 7.11 Å². The number of carboxylic acids is 1. The molecular weight excluding hydrogens is 238 g/mol. The van der Waals surface area contributed by atoms with Gasteiger partial charge in [-0.25, -0.2) is 4.79 Å². The molecule has 0 fully saturated rings. The number of ether oxygens (including phenoxy) is 2. The van der Waals surface area contributed by atoms with Gasteiger partial charge in [-0.2, -0.15) is 0 Å². The Balaban J connectivity index is 2.18. The second-order valence-corrected chi connectivity index (χ2v) is 3.49. The van der Waals surface area contributed by atoms with Crippen molar-refractivity contribution in [1.29, 1.82) is 0 Å². The lowest BCUT2D eigenvalue weighted by Gasteiger charge is -2.10. The van der Waals surface area contributed by atoms with E-state index in [-0.39, 0.29) is 12.2 Å². The van der Waals surface area contributed by atoms with E-state index < -0.39 is 5.97 Å². The van der Waals surface area contributed by atoms with Gasteiger partial charge in [0, 0.05) is 5.56 Å². The number of carboxylic acid groups (broad SMARTS) is 1. The molecule has 0 spiro atoms. The van der Waals surface area contributed by atoms with Crippen molar-refractivity contribution in [3.63, 3.8) is 0 Å². The average molecular weight is 249 g/mol. The van der Waals surface area contributed by atoms with Crippen LogP contribution in [-0.4, -0.2) is 23.3 Å². The highest BCUT2D eigenvalue weighted by molar-refractivity contribution is 5.88. The number of hydrogen-bond donors (Lipinski definition) is 1. The minimum atomic E-state index is -1.02.